The fourth-order valence-electron chi connectivity index (χ4n) is 3.82. The second-order valence-electron chi connectivity index (χ2n) is 7.28. The van der Waals surface area contributed by atoms with E-state index in [9.17, 15) is 4.79 Å². The molecule has 3 heteroatoms. The van der Waals surface area contributed by atoms with Crippen LogP contribution in [0.2, 0.25) is 0 Å². The molecule has 1 aliphatic rings. The van der Waals surface area contributed by atoms with Gasteiger partial charge in [0.1, 0.15) is 0 Å². The van der Waals surface area contributed by atoms with E-state index in [1.165, 1.54) is 35.1 Å². The lowest BCUT2D eigenvalue weighted by Crippen LogP contribution is -2.38. The Morgan fingerprint density at radius 2 is 1.72 bits per heavy atom. The van der Waals surface area contributed by atoms with Gasteiger partial charge < -0.3 is 10.2 Å². The quantitative estimate of drug-likeness (QED) is 0.743. The van der Waals surface area contributed by atoms with E-state index in [0.29, 0.717) is 0 Å². The summed E-state index contributed by atoms with van der Waals surface area (Å²) in [5, 5.41) is 3.12. The molecular formula is C22H28N2O. The molecule has 132 valence electrons. The number of amides is 2. The molecule has 1 N–H and O–H groups in total. The minimum absolute atomic E-state index is 0.0124. The van der Waals surface area contributed by atoms with Crippen molar-refractivity contribution in [2.45, 2.75) is 52.5 Å². The number of rotatable bonds is 2. The fraction of sp³-hybridized carbons (Fsp3) is 0.409. The van der Waals surface area contributed by atoms with Gasteiger partial charge in [0.15, 0.2) is 0 Å². The van der Waals surface area contributed by atoms with Crippen LogP contribution < -0.4 is 5.32 Å². The highest BCUT2D eigenvalue weighted by Crippen LogP contribution is 2.31. The molecule has 1 heterocycles. The van der Waals surface area contributed by atoms with Crippen molar-refractivity contribution in [1.29, 1.82) is 0 Å². The monoisotopic (exact) mass is 336 g/mol. The largest absolute Gasteiger partial charge is 0.322 e. The Balaban J connectivity index is 1.84. The summed E-state index contributed by atoms with van der Waals surface area (Å²) in [6, 6.07) is 14.9. The van der Waals surface area contributed by atoms with Crippen molar-refractivity contribution < 1.29 is 4.79 Å². The highest BCUT2D eigenvalue weighted by atomic mass is 16.2. The second kappa shape index (κ2) is 7.73. The zero-order valence-corrected chi connectivity index (χ0v) is 15.5. The van der Waals surface area contributed by atoms with Crippen LogP contribution in [0.1, 0.15) is 54.0 Å². The predicted molar refractivity (Wildman–Crippen MR) is 104 cm³/mol. The third-order valence-electron chi connectivity index (χ3n) is 4.91. The minimum Gasteiger partial charge on any atom is -0.317 e. The fourth-order valence-corrected chi connectivity index (χ4v) is 3.82. The number of anilines is 1. The smallest absolute Gasteiger partial charge is 0.317 e. The summed E-state index contributed by atoms with van der Waals surface area (Å²) in [4.78, 5) is 15.1. The van der Waals surface area contributed by atoms with Crippen molar-refractivity contribution in [2.24, 2.45) is 0 Å². The van der Waals surface area contributed by atoms with Crippen LogP contribution in [0.4, 0.5) is 10.5 Å². The first kappa shape index (κ1) is 17.5. The lowest BCUT2D eigenvalue weighted by molar-refractivity contribution is 0.189. The van der Waals surface area contributed by atoms with Gasteiger partial charge in [-0.2, -0.15) is 0 Å². The molecule has 25 heavy (non-hydrogen) atoms. The van der Waals surface area contributed by atoms with Crippen LogP contribution in [-0.4, -0.2) is 17.5 Å². The summed E-state index contributed by atoms with van der Waals surface area (Å²) < 4.78 is 0. The summed E-state index contributed by atoms with van der Waals surface area (Å²) in [7, 11) is 0. The van der Waals surface area contributed by atoms with Gasteiger partial charge in [-0.15, -0.1) is 0 Å². The molecule has 0 radical (unpaired) electrons. The van der Waals surface area contributed by atoms with Gasteiger partial charge in [0.2, 0.25) is 0 Å². The predicted octanol–water partition coefficient (Wildman–Crippen LogP) is 5.76. The highest BCUT2D eigenvalue weighted by Gasteiger charge is 2.27. The Labute approximate surface area is 151 Å². The normalized spacial score (nSPS) is 17.9. The Morgan fingerprint density at radius 3 is 2.44 bits per heavy atom. The van der Waals surface area contributed by atoms with Crippen molar-refractivity contribution in [3.8, 4) is 0 Å². The number of urea groups is 1. The lowest BCUT2D eigenvalue weighted by atomic mass is 9.99. The molecule has 0 bridgehead atoms. The van der Waals surface area contributed by atoms with E-state index in [2.05, 4.69) is 56.4 Å². The number of hydrogen-bond donors (Lipinski definition) is 1. The minimum atomic E-state index is 0.0124. The summed E-state index contributed by atoms with van der Waals surface area (Å²) in [6.07, 6.45) is 4.47. The lowest BCUT2D eigenvalue weighted by Gasteiger charge is -2.31. The molecule has 3 nitrogen and oxygen atoms in total. The van der Waals surface area contributed by atoms with E-state index in [1.54, 1.807) is 0 Å². The average Bonchev–Trinajstić information content (AvgIpc) is 2.79. The number of likely N-dealkylation sites (tertiary alicyclic amines) is 1. The van der Waals surface area contributed by atoms with Gasteiger partial charge in [-0.1, -0.05) is 48.7 Å². The summed E-state index contributed by atoms with van der Waals surface area (Å²) in [5.74, 6) is 0. The number of aryl methyl sites for hydroxylation is 3. The van der Waals surface area contributed by atoms with E-state index in [4.69, 9.17) is 0 Å². The number of nitrogens with zero attached hydrogens (tertiary/aromatic N) is 1. The van der Waals surface area contributed by atoms with E-state index in [1.807, 2.05) is 17.0 Å². The molecule has 1 aliphatic heterocycles. The van der Waals surface area contributed by atoms with Crippen molar-refractivity contribution in [3.63, 3.8) is 0 Å². The number of benzene rings is 2. The van der Waals surface area contributed by atoms with Crippen molar-refractivity contribution in [3.05, 3.63) is 64.7 Å². The van der Waals surface area contributed by atoms with Gasteiger partial charge in [0, 0.05) is 12.2 Å². The number of carbonyl (C=O) groups excluding carboxylic acids is 1. The van der Waals surface area contributed by atoms with Gasteiger partial charge in [-0.05, 0) is 62.4 Å². The van der Waals surface area contributed by atoms with E-state index < -0.39 is 0 Å². The second-order valence-corrected chi connectivity index (χ2v) is 7.28. The molecule has 1 saturated heterocycles. The molecular weight excluding hydrogens is 308 g/mol. The molecule has 0 saturated carbocycles. The molecule has 0 aliphatic carbocycles. The Kier molecular flexibility index (Phi) is 5.42. The summed E-state index contributed by atoms with van der Waals surface area (Å²) in [5.41, 5.74) is 5.71. The van der Waals surface area contributed by atoms with Crippen LogP contribution in [0.15, 0.2) is 42.5 Å². The molecule has 1 unspecified atom stereocenters. The number of hydrogen-bond acceptors (Lipinski definition) is 1. The van der Waals surface area contributed by atoms with Crippen LogP contribution in [0, 0.1) is 20.8 Å². The van der Waals surface area contributed by atoms with E-state index in [0.717, 1.165) is 25.1 Å². The van der Waals surface area contributed by atoms with Gasteiger partial charge >= 0.3 is 6.03 Å². The average molecular weight is 336 g/mol. The maximum atomic E-state index is 13.0. The van der Waals surface area contributed by atoms with E-state index in [-0.39, 0.29) is 12.1 Å². The van der Waals surface area contributed by atoms with Crippen molar-refractivity contribution in [1.82, 2.24) is 4.90 Å². The summed E-state index contributed by atoms with van der Waals surface area (Å²) >= 11 is 0. The maximum Gasteiger partial charge on any atom is 0.322 e. The number of nitrogens with one attached hydrogen (secondary N) is 1. The standard InChI is InChI=1S/C22H28N2O/c1-16-8-7-9-19(13-16)21-10-5-4-6-11-24(21)22(25)23-20-14-17(2)12-18(3)15-20/h7-9,12-15,21H,4-6,10-11H2,1-3H3,(H,23,25). The third-order valence-corrected chi connectivity index (χ3v) is 4.91. The van der Waals surface area contributed by atoms with E-state index >= 15 is 0 Å². The van der Waals surface area contributed by atoms with Crippen LogP contribution in [0.3, 0.4) is 0 Å². The summed E-state index contributed by atoms with van der Waals surface area (Å²) in [6.45, 7) is 7.05. The number of carbonyl (C=O) groups is 1. The van der Waals surface area contributed by atoms with Crippen molar-refractivity contribution >= 4 is 11.7 Å². The first-order valence-corrected chi connectivity index (χ1v) is 9.25. The molecule has 2 aromatic carbocycles. The molecule has 2 aromatic rings. The Morgan fingerprint density at radius 1 is 0.960 bits per heavy atom. The maximum absolute atomic E-state index is 13.0. The van der Waals surface area contributed by atoms with Gasteiger partial charge in [-0.25, -0.2) is 4.79 Å². The van der Waals surface area contributed by atoms with Crippen molar-refractivity contribution in [2.75, 3.05) is 11.9 Å². The third kappa shape index (κ3) is 4.41. The van der Waals surface area contributed by atoms with Crippen LogP contribution in [0.5, 0.6) is 0 Å². The Hall–Kier alpha value is -2.29. The zero-order valence-electron chi connectivity index (χ0n) is 15.5. The Bertz CT molecular complexity index is 733. The first-order chi connectivity index (χ1) is 12.0. The first-order valence-electron chi connectivity index (χ1n) is 9.25. The van der Waals surface area contributed by atoms with Crippen LogP contribution in [-0.2, 0) is 0 Å². The van der Waals surface area contributed by atoms with Gasteiger partial charge in [0.05, 0.1) is 6.04 Å². The van der Waals surface area contributed by atoms with Crippen LogP contribution in [0.25, 0.3) is 0 Å². The highest BCUT2D eigenvalue weighted by molar-refractivity contribution is 5.89. The van der Waals surface area contributed by atoms with Crippen LogP contribution >= 0.6 is 0 Å². The molecule has 2 amide bonds. The molecule has 1 fully saturated rings. The molecule has 0 spiro atoms. The SMILES string of the molecule is Cc1cc(C)cc(NC(=O)N2CCCCCC2c2cccc(C)c2)c1. The molecule has 1 atom stereocenters. The van der Waals surface area contributed by atoms with Gasteiger partial charge in [0.25, 0.3) is 0 Å². The van der Waals surface area contributed by atoms with Gasteiger partial charge in [-0.3, -0.25) is 0 Å². The topological polar surface area (TPSA) is 32.3 Å². The molecule has 0 aromatic heterocycles. The zero-order chi connectivity index (χ0) is 17.8. The molecule has 3 rings (SSSR count).